The van der Waals surface area contributed by atoms with Gasteiger partial charge >= 0.3 is 0 Å². The van der Waals surface area contributed by atoms with Crippen molar-refractivity contribution in [3.63, 3.8) is 0 Å². The Hall–Kier alpha value is -0.830. The van der Waals surface area contributed by atoms with Crippen LogP contribution in [0.4, 0.5) is 0 Å². The number of aryl methyl sites for hydroxylation is 1. The highest BCUT2D eigenvalue weighted by Crippen LogP contribution is 2.37. The minimum atomic E-state index is 0.123. The van der Waals surface area contributed by atoms with Gasteiger partial charge in [-0.25, -0.2) is 0 Å². The molecule has 2 heterocycles. The number of ether oxygens (including phenoxy) is 1. The van der Waals surface area contributed by atoms with Gasteiger partial charge in [0, 0.05) is 36.9 Å². The Morgan fingerprint density at radius 2 is 1.62 bits per heavy atom. The Kier molecular flexibility index (Phi) is 4.53. The summed E-state index contributed by atoms with van der Waals surface area (Å²) in [6, 6.07) is 0. The summed E-state index contributed by atoms with van der Waals surface area (Å²) in [4.78, 5) is 0. The van der Waals surface area contributed by atoms with Crippen molar-refractivity contribution in [2.45, 2.75) is 71.6 Å². The van der Waals surface area contributed by atoms with Gasteiger partial charge in [-0.1, -0.05) is 41.5 Å². The fourth-order valence-corrected chi connectivity index (χ4v) is 3.59. The largest absolute Gasteiger partial charge is 0.381 e. The van der Waals surface area contributed by atoms with Crippen LogP contribution in [0.3, 0.4) is 0 Å². The van der Waals surface area contributed by atoms with E-state index in [2.05, 4.69) is 53.3 Å². The Bertz CT molecular complexity index is 483. The first kappa shape index (κ1) is 16.5. The van der Waals surface area contributed by atoms with E-state index in [4.69, 9.17) is 9.84 Å². The number of aromatic nitrogens is 2. The van der Waals surface area contributed by atoms with Crippen molar-refractivity contribution in [1.29, 1.82) is 0 Å². The van der Waals surface area contributed by atoms with Crippen LogP contribution in [-0.2, 0) is 29.0 Å². The average molecular weight is 292 g/mol. The second kappa shape index (κ2) is 5.75. The van der Waals surface area contributed by atoms with E-state index in [0.717, 1.165) is 25.6 Å². The van der Waals surface area contributed by atoms with Crippen LogP contribution in [0, 0.1) is 5.92 Å². The molecule has 0 spiro atoms. The molecule has 2 rings (SSSR count). The SMILES string of the molecule is Cn1nc(CC2CCOCC2)c(C(C)(C)C)c1C(C)(C)C. The van der Waals surface area contributed by atoms with Crippen LogP contribution in [0.15, 0.2) is 0 Å². The van der Waals surface area contributed by atoms with E-state index in [1.54, 1.807) is 0 Å². The van der Waals surface area contributed by atoms with E-state index in [0.29, 0.717) is 0 Å². The molecule has 1 aromatic heterocycles. The Labute approximate surface area is 130 Å². The first-order valence-corrected chi connectivity index (χ1v) is 8.25. The molecule has 1 aromatic rings. The lowest BCUT2D eigenvalue weighted by atomic mass is 9.76. The molecule has 1 aliphatic rings. The van der Waals surface area contributed by atoms with Crippen molar-refractivity contribution >= 4 is 0 Å². The summed E-state index contributed by atoms with van der Waals surface area (Å²) < 4.78 is 7.61. The van der Waals surface area contributed by atoms with Gasteiger partial charge in [-0.15, -0.1) is 0 Å². The van der Waals surface area contributed by atoms with Crippen molar-refractivity contribution in [3.05, 3.63) is 17.0 Å². The Balaban J connectivity index is 2.41. The summed E-state index contributed by atoms with van der Waals surface area (Å²) in [6.07, 6.45) is 3.44. The second-order valence-corrected chi connectivity index (χ2v) is 8.55. The van der Waals surface area contributed by atoms with Crippen LogP contribution in [0.1, 0.15) is 71.3 Å². The van der Waals surface area contributed by atoms with Gasteiger partial charge < -0.3 is 4.74 Å². The lowest BCUT2D eigenvalue weighted by Crippen LogP contribution is -2.25. The molecule has 0 bridgehead atoms. The smallest absolute Gasteiger partial charge is 0.0667 e. The van der Waals surface area contributed by atoms with Crippen molar-refractivity contribution in [3.8, 4) is 0 Å². The lowest BCUT2D eigenvalue weighted by molar-refractivity contribution is 0.0661. The van der Waals surface area contributed by atoms with Crippen LogP contribution in [0.5, 0.6) is 0 Å². The molecule has 0 unspecified atom stereocenters. The van der Waals surface area contributed by atoms with Crippen LogP contribution < -0.4 is 0 Å². The zero-order valence-corrected chi connectivity index (χ0v) is 14.9. The predicted octanol–water partition coefficient (Wildman–Crippen LogP) is 3.98. The molecule has 0 aromatic carbocycles. The van der Waals surface area contributed by atoms with Crippen LogP contribution in [0.2, 0.25) is 0 Å². The zero-order chi connectivity index (χ0) is 15.8. The van der Waals surface area contributed by atoms with Gasteiger partial charge in [0.15, 0.2) is 0 Å². The van der Waals surface area contributed by atoms with Crippen LogP contribution in [0.25, 0.3) is 0 Å². The maximum atomic E-state index is 5.49. The number of hydrogen-bond acceptors (Lipinski definition) is 2. The molecule has 1 saturated heterocycles. The maximum Gasteiger partial charge on any atom is 0.0667 e. The second-order valence-electron chi connectivity index (χ2n) is 8.55. The molecule has 0 amide bonds. The van der Waals surface area contributed by atoms with Crippen molar-refractivity contribution < 1.29 is 4.74 Å². The van der Waals surface area contributed by atoms with Gasteiger partial charge in [-0.2, -0.15) is 5.10 Å². The third-order valence-electron chi connectivity index (χ3n) is 4.40. The molecular weight excluding hydrogens is 260 g/mol. The van der Waals surface area contributed by atoms with E-state index in [1.165, 1.54) is 29.8 Å². The zero-order valence-electron chi connectivity index (χ0n) is 14.9. The van der Waals surface area contributed by atoms with Gasteiger partial charge in [-0.3, -0.25) is 4.68 Å². The van der Waals surface area contributed by atoms with Crippen molar-refractivity contribution in [2.75, 3.05) is 13.2 Å². The molecule has 0 atom stereocenters. The molecule has 3 nitrogen and oxygen atoms in total. The van der Waals surface area contributed by atoms with Gasteiger partial charge in [0.1, 0.15) is 0 Å². The highest BCUT2D eigenvalue weighted by molar-refractivity contribution is 5.37. The minimum absolute atomic E-state index is 0.123. The van der Waals surface area contributed by atoms with Gasteiger partial charge in [0.05, 0.1) is 5.69 Å². The third-order valence-corrected chi connectivity index (χ3v) is 4.40. The summed E-state index contributed by atoms with van der Waals surface area (Å²) in [5, 5.41) is 4.91. The predicted molar refractivity (Wildman–Crippen MR) is 87.9 cm³/mol. The van der Waals surface area contributed by atoms with Crippen molar-refractivity contribution in [2.24, 2.45) is 13.0 Å². The molecule has 0 radical (unpaired) electrons. The van der Waals surface area contributed by atoms with E-state index >= 15 is 0 Å². The highest BCUT2D eigenvalue weighted by Gasteiger charge is 2.33. The number of nitrogens with zero attached hydrogens (tertiary/aromatic N) is 2. The fraction of sp³-hybridized carbons (Fsp3) is 0.833. The molecule has 21 heavy (non-hydrogen) atoms. The highest BCUT2D eigenvalue weighted by atomic mass is 16.5. The standard InChI is InChI=1S/C18H32N2O/c1-17(2,3)15-14(12-13-8-10-21-11-9-13)19-20(7)16(15)18(4,5)6/h13H,8-12H2,1-7H3. The lowest BCUT2D eigenvalue weighted by Gasteiger charge is -2.29. The fourth-order valence-electron chi connectivity index (χ4n) is 3.59. The molecule has 0 saturated carbocycles. The van der Waals surface area contributed by atoms with E-state index in [9.17, 15) is 0 Å². The first-order valence-electron chi connectivity index (χ1n) is 8.25. The number of rotatable bonds is 2. The topological polar surface area (TPSA) is 27.1 Å². The van der Waals surface area contributed by atoms with Crippen LogP contribution in [-0.4, -0.2) is 23.0 Å². The van der Waals surface area contributed by atoms with Crippen LogP contribution >= 0.6 is 0 Å². The summed E-state index contributed by atoms with van der Waals surface area (Å²) in [5.74, 6) is 0.725. The van der Waals surface area contributed by atoms with E-state index < -0.39 is 0 Å². The van der Waals surface area contributed by atoms with Gasteiger partial charge in [0.2, 0.25) is 0 Å². The average Bonchev–Trinajstić information content (AvgIpc) is 2.66. The van der Waals surface area contributed by atoms with E-state index in [-0.39, 0.29) is 10.8 Å². The number of hydrogen-bond donors (Lipinski definition) is 0. The minimum Gasteiger partial charge on any atom is -0.381 e. The Morgan fingerprint density at radius 1 is 1.05 bits per heavy atom. The molecule has 1 fully saturated rings. The third kappa shape index (κ3) is 3.68. The molecular formula is C18H32N2O. The van der Waals surface area contributed by atoms with Gasteiger partial charge in [0.25, 0.3) is 0 Å². The monoisotopic (exact) mass is 292 g/mol. The maximum absolute atomic E-state index is 5.49. The normalized spacial score (nSPS) is 18.2. The quantitative estimate of drug-likeness (QED) is 0.824. The van der Waals surface area contributed by atoms with Crippen molar-refractivity contribution in [1.82, 2.24) is 9.78 Å². The molecule has 0 N–H and O–H groups in total. The van der Waals surface area contributed by atoms with Gasteiger partial charge in [-0.05, 0) is 30.6 Å². The molecule has 0 aliphatic carbocycles. The summed E-state index contributed by atoms with van der Waals surface area (Å²) >= 11 is 0. The summed E-state index contributed by atoms with van der Waals surface area (Å²) in [6.45, 7) is 15.6. The molecule has 1 aliphatic heterocycles. The molecule has 3 heteroatoms. The summed E-state index contributed by atoms with van der Waals surface area (Å²) in [5.41, 5.74) is 4.42. The van der Waals surface area contributed by atoms with E-state index in [1.807, 2.05) is 0 Å². The first-order chi connectivity index (χ1) is 9.60. The summed E-state index contributed by atoms with van der Waals surface area (Å²) in [7, 11) is 2.10. The Morgan fingerprint density at radius 3 is 2.10 bits per heavy atom. The molecule has 120 valence electrons.